The lowest BCUT2D eigenvalue weighted by atomic mass is 9.97. The van der Waals surface area contributed by atoms with Crippen LogP contribution in [0.2, 0.25) is 0 Å². The van der Waals surface area contributed by atoms with Crippen LogP contribution in [0.1, 0.15) is 11.1 Å². The van der Waals surface area contributed by atoms with Crippen molar-refractivity contribution >= 4 is 33.0 Å². The van der Waals surface area contributed by atoms with Crippen molar-refractivity contribution in [2.75, 3.05) is 0 Å². The average molecular weight is 586 g/mol. The summed E-state index contributed by atoms with van der Waals surface area (Å²) in [5, 5.41) is 2.51. The van der Waals surface area contributed by atoms with E-state index in [2.05, 4.69) is 15.0 Å². The van der Waals surface area contributed by atoms with Gasteiger partial charge in [-0.05, 0) is 65.7 Å². The second kappa shape index (κ2) is 9.65. The summed E-state index contributed by atoms with van der Waals surface area (Å²) in [6.45, 7) is 0. The van der Waals surface area contributed by atoms with Crippen molar-refractivity contribution in [3.63, 3.8) is 0 Å². The fourth-order valence-corrected chi connectivity index (χ4v) is 5.14. The van der Waals surface area contributed by atoms with Crippen LogP contribution in [0.5, 0.6) is 0 Å². The second-order valence-corrected chi connectivity index (χ2v) is 10.00. The summed E-state index contributed by atoms with van der Waals surface area (Å²) in [6.07, 6.45) is -4.90. The largest absolute Gasteiger partial charge is 0.437 e. The molecule has 10 heteroatoms. The molecule has 0 unspecified atom stereocenters. The molecule has 7 rings (SSSR count). The molecule has 0 atom stereocenters. The highest BCUT2D eigenvalue weighted by Gasteiger charge is 2.37. The normalized spacial score (nSPS) is 12.4. The van der Waals surface area contributed by atoms with Gasteiger partial charge in [-0.2, -0.15) is 26.3 Å². The molecule has 0 spiro atoms. The Bertz CT molecular complexity index is 2130. The van der Waals surface area contributed by atoms with E-state index in [1.165, 1.54) is 12.1 Å². The van der Waals surface area contributed by atoms with E-state index in [1.54, 1.807) is 24.7 Å². The molecule has 4 heterocycles. The molecule has 0 N–H and O–H groups in total. The number of hydrogen-bond donors (Lipinski definition) is 0. The van der Waals surface area contributed by atoms with Crippen molar-refractivity contribution in [3.8, 4) is 33.5 Å². The summed E-state index contributed by atoms with van der Waals surface area (Å²) in [5.41, 5.74) is 1.91. The highest BCUT2D eigenvalue weighted by atomic mass is 19.4. The molecular weight excluding hydrogens is 568 g/mol. The van der Waals surface area contributed by atoms with Gasteiger partial charge < -0.3 is 4.42 Å². The molecule has 43 heavy (non-hydrogen) atoms. The van der Waals surface area contributed by atoms with Gasteiger partial charge in [0.2, 0.25) is 5.71 Å². The number of aromatic nitrogens is 3. The Labute approximate surface area is 239 Å². The number of pyridine rings is 3. The summed E-state index contributed by atoms with van der Waals surface area (Å²) in [7, 11) is 0. The number of nitrogens with zero attached hydrogens (tertiary/aromatic N) is 3. The van der Waals surface area contributed by atoms with E-state index in [-0.39, 0.29) is 17.2 Å². The number of fused-ring (bicyclic) bond motifs is 4. The smallest absolute Gasteiger partial charge is 0.416 e. The molecule has 4 nitrogen and oxygen atoms in total. The first kappa shape index (κ1) is 26.6. The van der Waals surface area contributed by atoms with E-state index in [1.807, 2.05) is 48.5 Å². The number of para-hydroxylation sites is 1. The lowest BCUT2D eigenvalue weighted by Crippen LogP contribution is -2.11. The first-order chi connectivity index (χ1) is 20.5. The Morgan fingerprint density at radius 3 is 2.00 bits per heavy atom. The Balaban J connectivity index is 1.22. The molecule has 0 bridgehead atoms. The van der Waals surface area contributed by atoms with Gasteiger partial charge in [0.1, 0.15) is 5.58 Å². The zero-order valence-electron chi connectivity index (χ0n) is 21.8. The third-order valence-corrected chi connectivity index (χ3v) is 7.25. The highest BCUT2D eigenvalue weighted by Crippen LogP contribution is 2.39. The third-order valence-electron chi connectivity index (χ3n) is 7.25. The molecule has 212 valence electrons. The van der Waals surface area contributed by atoms with Gasteiger partial charge in [-0.15, -0.1) is 0 Å². The van der Waals surface area contributed by atoms with Crippen molar-refractivity contribution in [2.24, 2.45) is 0 Å². The van der Waals surface area contributed by atoms with Crippen LogP contribution in [0.3, 0.4) is 0 Å². The Kier molecular flexibility index (Phi) is 5.98. The van der Waals surface area contributed by atoms with Gasteiger partial charge in [0.25, 0.3) is 0 Å². The van der Waals surface area contributed by atoms with E-state index in [4.69, 9.17) is 4.42 Å². The lowest BCUT2D eigenvalue weighted by molar-refractivity contribution is -0.143. The maximum Gasteiger partial charge on any atom is 0.416 e. The molecule has 0 saturated heterocycles. The van der Waals surface area contributed by atoms with Crippen LogP contribution in [-0.2, 0) is 12.4 Å². The molecule has 4 aromatic heterocycles. The topological polar surface area (TPSA) is 51.8 Å². The highest BCUT2D eigenvalue weighted by molar-refractivity contribution is 6.08. The van der Waals surface area contributed by atoms with Crippen LogP contribution in [0.25, 0.3) is 66.5 Å². The van der Waals surface area contributed by atoms with Gasteiger partial charge in [-0.3, -0.25) is 9.97 Å². The number of alkyl halides is 6. The number of halogens is 6. The Hall–Kier alpha value is -5.25. The summed E-state index contributed by atoms with van der Waals surface area (Å²) < 4.78 is 86.1. The van der Waals surface area contributed by atoms with Crippen LogP contribution in [0.15, 0.2) is 108 Å². The molecule has 7 aromatic rings. The monoisotopic (exact) mass is 585 g/mol. The van der Waals surface area contributed by atoms with Gasteiger partial charge in [-0.25, -0.2) is 4.98 Å². The summed E-state index contributed by atoms with van der Waals surface area (Å²) in [4.78, 5) is 13.4. The molecular formula is C33H17F6N3O. The minimum atomic E-state index is -4.93. The molecule has 3 aromatic carbocycles. The Morgan fingerprint density at radius 1 is 0.558 bits per heavy atom. The van der Waals surface area contributed by atoms with Crippen molar-refractivity contribution in [1.82, 2.24) is 15.0 Å². The van der Waals surface area contributed by atoms with Crippen LogP contribution >= 0.6 is 0 Å². The molecule has 0 radical (unpaired) electrons. The predicted octanol–water partition coefficient (Wildman–Crippen LogP) is 9.96. The molecule has 0 aliphatic heterocycles. The zero-order valence-corrected chi connectivity index (χ0v) is 21.8. The van der Waals surface area contributed by atoms with Crippen molar-refractivity contribution in [3.05, 3.63) is 115 Å². The van der Waals surface area contributed by atoms with Gasteiger partial charge in [0.05, 0.1) is 22.3 Å². The molecule has 0 amide bonds. The van der Waals surface area contributed by atoms with Gasteiger partial charge in [0, 0.05) is 51.4 Å². The van der Waals surface area contributed by atoms with Crippen molar-refractivity contribution in [1.29, 1.82) is 0 Å². The zero-order chi connectivity index (χ0) is 29.9. The third kappa shape index (κ3) is 4.84. The van der Waals surface area contributed by atoms with E-state index >= 15 is 0 Å². The number of rotatable bonds is 3. The van der Waals surface area contributed by atoms with Crippen LogP contribution in [-0.4, -0.2) is 15.0 Å². The van der Waals surface area contributed by atoms with E-state index in [0.29, 0.717) is 40.0 Å². The SMILES string of the molecule is FC(F)(F)c1cc(-c2ccc3cc(-c4ccc(-c5cccc6c5oc5ncccc56)nc4)cnc3c2)cc(C(F)(F)F)c1. The number of furan rings is 1. The quantitative estimate of drug-likeness (QED) is 0.194. The summed E-state index contributed by atoms with van der Waals surface area (Å²) in [5.74, 6) is 0. The van der Waals surface area contributed by atoms with E-state index in [0.717, 1.165) is 27.5 Å². The first-order valence-corrected chi connectivity index (χ1v) is 13.0. The van der Waals surface area contributed by atoms with E-state index in [9.17, 15) is 26.3 Å². The predicted molar refractivity (Wildman–Crippen MR) is 151 cm³/mol. The number of benzene rings is 3. The van der Waals surface area contributed by atoms with Crippen LogP contribution < -0.4 is 0 Å². The summed E-state index contributed by atoms with van der Waals surface area (Å²) in [6, 6.07) is 21.3. The maximum atomic E-state index is 13.4. The van der Waals surface area contributed by atoms with Crippen LogP contribution in [0, 0.1) is 0 Å². The maximum absolute atomic E-state index is 13.4. The van der Waals surface area contributed by atoms with E-state index < -0.39 is 23.5 Å². The standard InChI is InChI=1S/C33H17F6N3O/c34-32(35,36)23-12-21(13-24(15-23)33(37,38)39)18-6-7-19-11-22(17-42-29(19)14-18)20-8-9-28(41-16-20)27-4-1-3-25-26-5-2-10-40-31(26)43-30(25)27/h1-17H. The number of hydrogen-bond acceptors (Lipinski definition) is 4. The molecule has 0 fully saturated rings. The first-order valence-electron chi connectivity index (χ1n) is 13.0. The summed E-state index contributed by atoms with van der Waals surface area (Å²) >= 11 is 0. The Morgan fingerprint density at radius 2 is 1.28 bits per heavy atom. The van der Waals surface area contributed by atoms with Crippen LogP contribution in [0.4, 0.5) is 26.3 Å². The average Bonchev–Trinajstić information content (AvgIpc) is 3.38. The fraction of sp³-hybridized carbons (Fsp3) is 0.0606. The van der Waals surface area contributed by atoms with Gasteiger partial charge in [-0.1, -0.05) is 30.3 Å². The van der Waals surface area contributed by atoms with Gasteiger partial charge in [0.15, 0.2) is 0 Å². The van der Waals surface area contributed by atoms with Crippen molar-refractivity contribution in [2.45, 2.75) is 12.4 Å². The second-order valence-electron chi connectivity index (χ2n) is 10.00. The van der Waals surface area contributed by atoms with Crippen molar-refractivity contribution < 1.29 is 30.8 Å². The lowest BCUT2D eigenvalue weighted by Gasteiger charge is -2.14. The molecule has 0 saturated carbocycles. The molecule has 0 aliphatic carbocycles. The minimum Gasteiger partial charge on any atom is -0.437 e. The fourth-order valence-electron chi connectivity index (χ4n) is 5.14. The minimum absolute atomic E-state index is 0.114. The molecule has 0 aliphatic rings. The van der Waals surface area contributed by atoms with Gasteiger partial charge >= 0.3 is 12.4 Å².